The summed E-state index contributed by atoms with van der Waals surface area (Å²) in [6.45, 7) is 0.105. The number of rotatable bonds is 9. The molecule has 0 aromatic heterocycles. The van der Waals surface area contributed by atoms with Gasteiger partial charge in [-0.2, -0.15) is 18.3 Å². The Hall–Kier alpha value is -4.20. The minimum atomic E-state index is -4.73. The van der Waals surface area contributed by atoms with E-state index in [2.05, 4.69) is 26.5 Å². The molecule has 188 valence electrons. The van der Waals surface area contributed by atoms with Crippen LogP contribution in [0, 0.1) is 20.2 Å². The second kappa shape index (κ2) is 11.0. The lowest BCUT2D eigenvalue weighted by atomic mass is 10.1. The Morgan fingerprint density at radius 3 is 2.31 bits per heavy atom. The summed E-state index contributed by atoms with van der Waals surface area (Å²) >= 11 is 3.35. The molecule has 0 amide bonds. The van der Waals surface area contributed by atoms with Gasteiger partial charge in [-0.3, -0.25) is 25.7 Å². The van der Waals surface area contributed by atoms with Gasteiger partial charge in [0.1, 0.15) is 12.3 Å². The van der Waals surface area contributed by atoms with E-state index in [4.69, 9.17) is 9.47 Å². The number of hydrogen-bond acceptors (Lipinski definition) is 8. The first-order chi connectivity index (χ1) is 17.0. The maximum atomic E-state index is 12.9. The van der Waals surface area contributed by atoms with E-state index < -0.39 is 27.3 Å². The first-order valence-electron chi connectivity index (χ1n) is 9.88. The van der Waals surface area contributed by atoms with E-state index in [0.29, 0.717) is 39.2 Å². The number of hydrogen-bond donors (Lipinski definition) is 1. The van der Waals surface area contributed by atoms with Gasteiger partial charge in [0.2, 0.25) is 0 Å². The third-order valence-electron chi connectivity index (χ3n) is 4.73. The van der Waals surface area contributed by atoms with Crippen molar-refractivity contribution in [3.8, 4) is 11.5 Å². The molecule has 14 heteroatoms. The van der Waals surface area contributed by atoms with Crippen molar-refractivity contribution < 1.29 is 32.5 Å². The highest BCUT2D eigenvalue weighted by atomic mass is 79.9. The van der Waals surface area contributed by atoms with Crippen molar-refractivity contribution in [2.45, 2.75) is 12.8 Å². The smallest absolute Gasteiger partial charge is 0.416 e. The zero-order chi connectivity index (χ0) is 26.5. The third-order valence-corrected chi connectivity index (χ3v) is 5.42. The molecule has 0 atom stereocenters. The van der Waals surface area contributed by atoms with E-state index in [1.54, 1.807) is 24.3 Å². The third kappa shape index (κ3) is 6.47. The van der Waals surface area contributed by atoms with Crippen molar-refractivity contribution in [3.63, 3.8) is 0 Å². The number of nitrogens with zero attached hydrogens (tertiary/aromatic N) is 3. The summed E-state index contributed by atoms with van der Waals surface area (Å²) in [6.07, 6.45) is -3.44. The van der Waals surface area contributed by atoms with Crippen LogP contribution < -0.4 is 14.9 Å². The van der Waals surface area contributed by atoms with Gasteiger partial charge in [0.25, 0.3) is 11.4 Å². The number of non-ortho nitro benzene ring substituents is 1. The fourth-order valence-electron chi connectivity index (χ4n) is 2.92. The Balaban J connectivity index is 1.75. The first kappa shape index (κ1) is 26.4. The summed E-state index contributed by atoms with van der Waals surface area (Å²) < 4.78 is 50.2. The van der Waals surface area contributed by atoms with Crippen molar-refractivity contribution in [3.05, 3.63) is 96.0 Å². The molecular formula is C22H16BrF3N4O6. The minimum absolute atomic E-state index is 0.0436. The average Bonchev–Trinajstić information content (AvgIpc) is 2.83. The van der Waals surface area contributed by atoms with Gasteiger partial charge in [-0.1, -0.05) is 0 Å². The molecule has 36 heavy (non-hydrogen) atoms. The van der Waals surface area contributed by atoms with Crippen LogP contribution in [0.4, 0.5) is 30.2 Å². The lowest BCUT2D eigenvalue weighted by molar-refractivity contribution is -0.384. The molecule has 3 rings (SSSR count). The number of nitrogens with one attached hydrogen (secondary N) is 1. The van der Waals surface area contributed by atoms with Gasteiger partial charge in [0, 0.05) is 28.2 Å². The van der Waals surface area contributed by atoms with Crippen LogP contribution in [-0.4, -0.2) is 23.2 Å². The predicted octanol–water partition coefficient (Wildman–Crippen LogP) is 6.32. The minimum Gasteiger partial charge on any atom is -0.493 e. The monoisotopic (exact) mass is 568 g/mol. The van der Waals surface area contributed by atoms with E-state index in [1.165, 1.54) is 25.5 Å². The Morgan fingerprint density at radius 1 is 1.03 bits per heavy atom. The highest BCUT2D eigenvalue weighted by Crippen LogP contribution is 2.36. The van der Waals surface area contributed by atoms with E-state index in [1.807, 2.05) is 0 Å². The fraction of sp³-hybridized carbons (Fsp3) is 0.136. The number of halogens is 4. The number of methoxy groups -OCH3 is 1. The van der Waals surface area contributed by atoms with E-state index in [-0.39, 0.29) is 18.0 Å². The van der Waals surface area contributed by atoms with E-state index >= 15 is 0 Å². The van der Waals surface area contributed by atoms with Crippen molar-refractivity contribution >= 4 is 39.2 Å². The van der Waals surface area contributed by atoms with Gasteiger partial charge in [0.15, 0.2) is 11.5 Å². The maximum absolute atomic E-state index is 12.9. The molecule has 1 N–H and O–H groups in total. The summed E-state index contributed by atoms with van der Waals surface area (Å²) in [5, 5.41) is 25.8. The molecule has 0 spiro atoms. The van der Waals surface area contributed by atoms with Crippen LogP contribution in [0.2, 0.25) is 0 Å². The summed E-state index contributed by atoms with van der Waals surface area (Å²) in [5.41, 5.74) is 1.33. The molecule has 0 aliphatic rings. The normalized spacial score (nSPS) is 11.4. The number of alkyl halides is 3. The van der Waals surface area contributed by atoms with Crippen molar-refractivity contribution in [1.82, 2.24) is 0 Å². The quantitative estimate of drug-likeness (QED) is 0.181. The van der Waals surface area contributed by atoms with Crippen LogP contribution in [0.1, 0.15) is 16.7 Å². The lowest BCUT2D eigenvalue weighted by Gasteiger charge is -2.13. The summed E-state index contributed by atoms with van der Waals surface area (Å²) in [6, 6.07) is 11.0. The van der Waals surface area contributed by atoms with Crippen LogP contribution in [-0.2, 0) is 12.8 Å². The van der Waals surface area contributed by atoms with E-state index in [9.17, 15) is 33.4 Å². The molecule has 3 aromatic rings. The fourth-order valence-corrected chi connectivity index (χ4v) is 3.35. The summed E-state index contributed by atoms with van der Waals surface area (Å²) in [7, 11) is 1.41. The molecule has 0 fully saturated rings. The zero-order valence-corrected chi connectivity index (χ0v) is 19.9. The number of anilines is 1. The molecule has 0 radical (unpaired) electrons. The standard InChI is InChI=1S/C22H16BrF3N4O6/c1-35-20-8-14(11-27-28-18-7-4-15(22(24,25)26)9-19(18)30(33)34)17(23)10-21(20)36-12-13-2-5-16(6-3-13)29(31)32/h2-11,28H,12H2,1H3/b27-11-. The van der Waals surface area contributed by atoms with Crippen LogP contribution in [0.3, 0.4) is 0 Å². The zero-order valence-electron chi connectivity index (χ0n) is 18.3. The van der Waals surface area contributed by atoms with Crippen LogP contribution in [0.15, 0.2) is 64.2 Å². The molecule has 0 heterocycles. The molecule has 0 aliphatic heterocycles. The lowest BCUT2D eigenvalue weighted by Crippen LogP contribution is -2.06. The SMILES string of the molecule is COc1cc(/C=N\Nc2ccc(C(F)(F)F)cc2[N+](=O)[O-])c(Br)cc1OCc1ccc([N+](=O)[O-])cc1. The van der Waals surface area contributed by atoms with Crippen molar-refractivity contribution in [2.24, 2.45) is 5.10 Å². The van der Waals surface area contributed by atoms with Gasteiger partial charge in [-0.25, -0.2) is 0 Å². The number of benzene rings is 3. The second-order valence-electron chi connectivity index (χ2n) is 7.09. The topological polar surface area (TPSA) is 129 Å². The van der Waals surface area contributed by atoms with Gasteiger partial charge in [-0.05, 0) is 57.9 Å². The second-order valence-corrected chi connectivity index (χ2v) is 7.95. The molecule has 0 unspecified atom stereocenters. The van der Waals surface area contributed by atoms with Crippen LogP contribution in [0.25, 0.3) is 0 Å². The van der Waals surface area contributed by atoms with Crippen LogP contribution in [0.5, 0.6) is 11.5 Å². The Kier molecular flexibility index (Phi) is 8.09. The number of nitro benzene ring substituents is 2. The average molecular weight is 569 g/mol. The van der Waals surface area contributed by atoms with Crippen molar-refractivity contribution in [1.29, 1.82) is 0 Å². The predicted molar refractivity (Wildman–Crippen MR) is 127 cm³/mol. The molecule has 0 saturated heterocycles. The molecule has 10 nitrogen and oxygen atoms in total. The number of nitro groups is 2. The molecular weight excluding hydrogens is 553 g/mol. The maximum Gasteiger partial charge on any atom is 0.416 e. The van der Waals surface area contributed by atoms with Crippen LogP contribution >= 0.6 is 15.9 Å². The van der Waals surface area contributed by atoms with Gasteiger partial charge in [0.05, 0.1) is 28.7 Å². The number of ether oxygens (including phenoxy) is 2. The highest BCUT2D eigenvalue weighted by molar-refractivity contribution is 9.10. The largest absolute Gasteiger partial charge is 0.493 e. The number of hydrazone groups is 1. The van der Waals surface area contributed by atoms with Crippen molar-refractivity contribution in [2.75, 3.05) is 12.5 Å². The molecule has 0 bridgehead atoms. The summed E-state index contributed by atoms with van der Waals surface area (Å²) in [5.74, 6) is 0.674. The van der Waals surface area contributed by atoms with Gasteiger partial charge in [-0.15, -0.1) is 0 Å². The van der Waals surface area contributed by atoms with Gasteiger partial charge < -0.3 is 9.47 Å². The Morgan fingerprint density at radius 2 is 1.72 bits per heavy atom. The van der Waals surface area contributed by atoms with E-state index in [0.717, 1.165) is 6.07 Å². The first-order valence-corrected chi connectivity index (χ1v) is 10.7. The molecule has 0 saturated carbocycles. The highest BCUT2D eigenvalue weighted by Gasteiger charge is 2.33. The Labute approximate surface area is 209 Å². The molecule has 0 aliphatic carbocycles. The molecule has 3 aromatic carbocycles. The van der Waals surface area contributed by atoms with Gasteiger partial charge >= 0.3 is 6.18 Å². The summed E-state index contributed by atoms with van der Waals surface area (Å²) in [4.78, 5) is 20.5. The Bertz CT molecular complexity index is 1320.